The molecule has 22 aromatic rings. The second kappa shape index (κ2) is 42.7. The lowest BCUT2D eigenvalue weighted by atomic mass is 10.1. The van der Waals surface area contributed by atoms with Crippen LogP contribution in [0.5, 0.6) is 5.75 Å². The van der Waals surface area contributed by atoms with Gasteiger partial charge in [-0.05, 0) is 253 Å². The lowest BCUT2D eigenvalue weighted by Gasteiger charge is -1.97. The van der Waals surface area contributed by atoms with Gasteiger partial charge in [-0.3, -0.25) is 0 Å². The summed E-state index contributed by atoms with van der Waals surface area (Å²) in [6, 6.07) is 56.6. The number of methoxy groups -OCH3 is 1. The van der Waals surface area contributed by atoms with Crippen LogP contribution in [0.15, 0.2) is 256 Å². The molecule has 11 aromatic carbocycles. The molecule has 10 atom stereocenters. The Morgan fingerprint density at radius 2 is 0.616 bits per heavy atom. The molecule has 0 bridgehead atoms. The number of fused-ring (bicyclic) bond motifs is 12. The molecule has 0 saturated heterocycles. The predicted octanol–water partition coefficient (Wildman–Crippen LogP) is 14.9. The van der Waals surface area contributed by atoms with Gasteiger partial charge in [0.05, 0.1) is 135 Å². The van der Waals surface area contributed by atoms with Gasteiger partial charge in [0, 0.05) is 15.6 Å². The topological polar surface area (TPSA) is 698 Å². The Balaban J connectivity index is 0.000000136. The number of benzene rings is 11. The Kier molecular flexibility index (Phi) is 32.0. The lowest BCUT2D eigenvalue weighted by molar-refractivity contribution is 0.415. The summed E-state index contributed by atoms with van der Waals surface area (Å²) in [5.74, 6) is 31.6. The van der Waals surface area contributed by atoms with E-state index >= 15 is 0 Å². The Labute approximate surface area is 845 Å². The number of ether oxygens (including phenoxy) is 1. The zero-order valence-electron chi connectivity index (χ0n) is 76.7. The Morgan fingerprint density at radius 3 is 1.08 bits per heavy atom. The number of rotatable bonds is 11. The highest BCUT2D eigenvalue weighted by Crippen LogP contribution is 2.29. The van der Waals surface area contributed by atoms with Crippen LogP contribution in [0.3, 0.4) is 0 Å². The maximum absolute atomic E-state index is 12.7. The minimum Gasteiger partial charge on any atom is -0.497 e. The van der Waals surface area contributed by atoms with Gasteiger partial charge < -0.3 is 105 Å². The minimum absolute atomic E-state index is 0.00519. The first kappa shape index (κ1) is 109. The lowest BCUT2D eigenvalue weighted by Crippen LogP contribution is -1.99. The number of H-pyrrole nitrogens is 11. The highest BCUT2D eigenvalue weighted by Gasteiger charge is 2.20. The Bertz CT molecular complexity index is 9500. The predicted molar refractivity (Wildman–Crippen MR) is 588 cm³/mol. The molecule has 10 unspecified atom stereocenters. The molecule has 0 radical (unpaired) electrons. The fourth-order valence-electron chi connectivity index (χ4n) is 13.0. The van der Waals surface area contributed by atoms with Gasteiger partial charge in [0.2, 0.25) is 51.6 Å². The van der Waals surface area contributed by atoms with Crippen LogP contribution in [0.2, 0.25) is 5.02 Å². The molecule has 0 fully saturated rings. The summed E-state index contributed by atoms with van der Waals surface area (Å²) in [5, 5.41) is 2.56. The molecule has 146 heavy (non-hydrogen) atoms. The van der Waals surface area contributed by atoms with E-state index in [-0.39, 0.29) is 51.6 Å². The number of para-hydroxylation sites is 3. The SMILES string of the molecule is C=S(=O)(O)c1nc2c(C)cccc2[nH]1.C=S(=O)(O)c1nc2cc(C)c(C)cc2[nH]1.C=S(=O)(O)c1nc2cc3ccccc3cc2[nH]1.C=S(=O)(O)c1nc2cc3nc[nH]c3cc2[nH]1.C=S(=O)(O)c1nc2ccc(Br)cc2[nH]1.C=S(=O)(O)c1nc2ccc(C)cc2[nH]1.C=S(=O)(O)c1nc2ccc(Cl)cc2[nH]1.C=S(=O)(O)c1nc2ccc(F)cc2[nH]1.C=S(=O)(O)c1nc2ccc(OC)cc2[nH]1.C=S(=O)(O)c1nc2ccccc2[nH]1. The van der Waals surface area contributed by atoms with E-state index in [1.54, 1.807) is 92.3 Å². The maximum atomic E-state index is 12.7. The van der Waals surface area contributed by atoms with Crippen molar-refractivity contribution < 1.29 is 96.7 Å². The largest absolute Gasteiger partial charge is 0.497 e. The van der Waals surface area contributed by atoms with E-state index in [4.69, 9.17) is 30.0 Å². The van der Waals surface area contributed by atoms with E-state index in [9.17, 15) is 78.3 Å². The molecule has 0 saturated carbocycles. The van der Waals surface area contributed by atoms with Crippen molar-refractivity contribution >= 4 is 316 Å². The zero-order valence-corrected chi connectivity index (χ0v) is 87.2. The van der Waals surface area contributed by atoms with Crippen LogP contribution < -0.4 is 4.74 Å². The average Bonchev–Trinajstić information content (AvgIpc) is 1.62. The molecular weight excluding hydrogens is 2180 g/mol. The number of imidazole rings is 11. The van der Waals surface area contributed by atoms with Gasteiger partial charge in [0.15, 0.2) is 0 Å². The van der Waals surface area contributed by atoms with Gasteiger partial charge in [0.25, 0.3) is 0 Å². The molecule has 22 rings (SSSR count). The van der Waals surface area contributed by atoms with Crippen molar-refractivity contribution in [3.8, 4) is 5.75 Å². The van der Waals surface area contributed by atoms with E-state index in [1.165, 1.54) is 18.2 Å². The normalized spacial score (nSPS) is 15.5. The van der Waals surface area contributed by atoms with Crippen LogP contribution in [0.25, 0.3) is 132 Å². The van der Waals surface area contributed by atoms with E-state index in [2.05, 4.69) is 184 Å². The molecule has 0 aliphatic carbocycles. The molecule has 56 heteroatoms. The van der Waals surface area contributed by atoms with E-state index in [1.807, 2.05) is 125 Å². The highest BCUT2D eigenvalue weighted by molar-refractivity contribution is 9.10. The van der Waals surface area contributed by atoms with Crippen molar-refractivity contribution in [2.75, 3.05) is 7.11 Å². The number of aryl methyl sites for hydroxylation is 4. The van der Waals surface area contributed by atoms with Crippen molar-refractivity contribution in [1.29, 1.82) is 0 Å². The van der Waals surface area contributed by atoms with E-state index < -0.39 is 104 Å². The molecule has 0 aliphatic heterocycles. The second-order valence-corrected chi connectivity index (χ2v) is 49.7. The number of nitrogens with one attached hydrogen (secondary N) is 11. The van der Waals surface area contributed by atoms with Gasteiger partial charge in [0.1, 0.15) is 110 Å². The number of halogens is 3. The van der Waals surface area contributed by atoms with Crippen LogP contribution in [-0.2, 0) is 98.0 Å². The van der Waals surface area contributed by atoms with Crippen LogP contribution in [0, 0.1) is 33.5 Å². The third kappa shape index (κ3) is 27.9. The quantitative estimate of drug-likeness (QED) is 0.0535. The maximum Gasteiger partial charge on any atom is 0.214 e. The first-order valence-corrected chi connectivity index (χ1v) is 58.9. The Hall–Kier alpha value is -13.9. The molecule has 0 aliphatic rings. The summed E-state index contributed by atoms with van der Waals surface area (Å²) in [6.07, 6.45) is 1.58. The number of aromatic amines is 11. The molecule has 43 nitrogen and oxygen atoms in total. The first-order valence-electron chi connectivity index (χ1n) is 40.9. The molecule has 0 amide bonds. The minimum atomic E-state index is -3.37. The van der Waals surface area contributed by atoms with Crippen LogP contribution in [0.1, 0.15) is 22.3 Å². The molecule has 0 spiro atoms. The summed E-state index contributed by atoms with van der Waals surface area (Å²) in [6.45, 7) is 7.80. The van der Waals surface area contributed by atoms with Gasteiger partial charge >= 0.3 is 0 Å². The van der Waals surface area contributed by atoms with Crippen LogP contribution in [0.4, 0.5) is 4.39 Å². The number of hydrogen-bond donors (Lipinski definition) is 21. The van der Waals surface area contributed by atoms with Crippen molar-refractivity contribution in [2.45, 2.75) is 79.3 Å². The molecule has 766 valence electrons. The summed E-state index contributed by atoms with van der Waals surface area (Å²) in [4.78, 5) is 74.2. The van der Waals surface area contributed by atoms with Gasteiger partial charge in [-0.15, -0.1) is 0 Å². The molecule has 21 N–H and O–H groups in total. The van der Waals surface area contributed by atoms with Crippen molar-refractivity contribution in [3.63, 3.8) is 0 Å². The molecular formula is C90H89BrClFN22O21S10. The fourth-order valence-corrected chi connectivity index (χ4v) is 18.6. The summed E-state index contributed by atoms with van der Waals surface area (Å²) in [7, 11) is -31.2. The molecule has 11 aromatic heterocycles. The average molecular weight is 2270 g/mol. The summed E-state index contributed by atoms with van der Waals surface area (Å²) in [5.41, 5.74) is 19.0. The van der Waals surface area contributed by atoms with E-state index in [0.29, 0.717) is 93.5 Å². The van der Waals surface area contributed by atoms with Crippen LogP contribution in [-0.4, -0.2) is 263 Å². The highest BCUT2D eigenvalue weighted by atomic mass is 79.9. The van der Waals surface area contributed by atoms with Gasteiger partial charge in [-0.1, -0.05) is 82.1 Å². The van der Waals surface area contributed by atoms with Crippen molar-refractivity contribution in [2.24, 2.45) is 0 Å². The summed E-state index contributed by atoms with van der Waals surface area (Å²) >= 11 is 9.04. The van der Waals surface area contributed by atoms with Crippen LogP contribution >= 0.6 is 27.5 Å². The standard InChI is InChI=1S/C12H10N2O2S.C10H12N2O2S.C9H8N4O2S.C9H10N2O3S.2C9H10N2O2S.C8H7BrN2O2S.C8H7ClN2O2S.C8H7FN2O2S.C8H8N2O2S/c1-17(15,16)12-13-10-6-8-4-2-3-5-9(8)7-11(10)14-12;1-6-4-8-9(5-7(6)2)12-10(11-8)15(3,13)14;1-16(14,15)9-12-7-2-5-6(11-4-10-5)3-8(7)13-9;1-14-6-3-4-7-8(5-6)11-9(10-7)15(2,12)13;1-6-3-4-7-8(5-6)11-9(10-7)14(2,12)13;1-6-4-3-5-7-8(6)11-9(10-7)14(2,12)13;3*1-14(12,13)8-10-6-3-2-5(9)4-7(6)11-8;1-13(11,12)8-9-6-4-2-3-5-7(6)10-8/h2-7H,1H2,(H,13,14)(H,15,16);4-5H,3H2,1-2H3,(H,11,12)(H,13,14);2-4H,1H2,(H,10,11)(H,12,13)(H,14,15);3-5H,2H2,1H3,(H,10,11)(H,12,13);2*3-5H,2H2,1H3,(H,10,11)(H,12,13);3*2-4H,1H2,(H,10,11)(H,12,13);2-5H,1H2,(H,9,10)(H,11,12). The van der Waals surface area contributed by atoms with Gasteiger partial charge in [-0.2, -0.15) is 0 Å². The first-order chi connectivity index (χ1) is 67.9. The third-order valence-electron chi connectivity index (χ3n) is 20.0. The fraction of sp³-hybridized carbons (Fsp3) is 0.0556. The van der Waals surface area contributed by atoms with E-state index in [0.717, 1.165) is 76.1 Å². The monoisotopic (exact) mass is 2270 g/mol. The Morgan fingerprint density at radius 1 is 0.288 bits per heavy atom. The number of nitrogens with zero attached hydrogens (tertiary/aromatic N) is 11. The molecule has 11 heterocycles. The number of hydrogen-bond acceptors (Lipinski definition) is 22. The second-order valence-electron chi connectivity index (χ2n) is 31.7. The van der Waals surface area contributed by atoms with Crippen molar-refractivity contribution in [3.05, 3.63) is 238 Å². The van der Waals surface area contributed by atoms with Gasteiger partial charge in [-0.25, -0.2) is 101 Å². The third-order valence-corrected chi connectivity index (χ3v) is 28.7. The summed E-state index contributed by atoms with van der Waals surface area (Å²) < 4.78 is 223. The smallest absolute Gasteiger partial charge is 0.214 e. The van der Waals surface area contributed by atoms with Crippen molar-refractivity contribution in [1.82, 2.24) is 110 Å². The number of aromatic nitrogens is 22. The zero-order chi connectivity index (χ0) is 107.